The van der Waals surface area contributed by atoms with Gasteiger partial charge in [-0.05, 0) is 0 Å². The van der Waals surface area contributed by atoms with Crippen molar-refractivity contribution in [2.75, 3.05) is 14.2 Å². The molecule has 0 spiro atoms. The lowest BCUT2D eigenvalue weighted by Gasteiger charge is -1.97. The molecule has 0 bridgehead atoms. The molecule has 0 saturated carbocycles. The highest BCUT2D eigenvalue weighted by Crippen LogP contribution is 2.18. The van der Waals surface area contributed by atoms with E-state index in [2.05, 4.69) is 92.1 Å². The van der Waals surface area contributed by atoms with E-state index in [0.717, 1.165) is 0 Å². The molecule has 3 nitrogen and oxygen atoms in total. The summed E-state index contributed by atoms with van der Waals surface area (Å²) in [7, 11) is 0.558. The Kier molecular flexibility index (Phi) is 115. The first kappa shape index (κ1) is 80.3. The Morgan fingerprint density at radius 1 is 0.182 bits per heavy atom. The lowest BCUT2D eigenvalue weighted by atomic mass is 10.1. The van der Waals surface area contributed by atoms with Crippen molar-refractivity contribution in [2.45, 2.75) is 391 Å². The van der Waals surface area contributed by atoms with E-state index in [0.29, 0.717) is 0 Å². The van der Waals surface area contributed by atoms with E-state index in [1.165, 1.54) is 322 Å². The molecule has 0 heterocycles. The van der Waals surface area contributed by atoms with E-state index >= 15 is 0 Å². The van der Waals surface area contributed by atoms with Crippen LogP contribution in [0.25, 0.3) is 0 Å². The van der Waals surface area contributed by atoms with Crippen molar-refractivity contribution in [3.63, 3.8) is 0 Å². The fraction of sp³-hybridized carbons (Fsp3) is 1.00. The summed E-state index contributed by atoms with van der Waals surface area (Å²) in [5, 5.41) is 0. The average Bonchev–Trinajstić information content (AvgIpc) is 3.34. The fourth-order valence-corrected chi connectivity index (χ4v) is 7.49. The molecule has 0 aromatic heterocycles. The Labute approximate surface area is 425 Å². The maximum absolute atomic E-state index is 9.92. The molecule has 0 radical (unpaired) electrons. The van der Waals surface area contributed by atoms with Gasteiger partial charge < -0.3 is 9.05 Å². The highest BCUT2D eigenvalue weighted by atomic mass is 31.1. The van der Waals surface area contributed by atoms with Crippen molar-refractivity contribution in [2.24, 2.45) is 0 Å². The van der Waals surface area contributed by atoms with Crippen LogP contribution in [0.1, 0.15) is 391 Å². The van der Waals surface area contributed by atoms with Gasteiger partial charge in [-0.1, -0.05) is 391 Å². The van der Waals surface area contributed by atoms with Gasteiger partial charge in [-0.25, -0.2) is 0 Å². The normalized spacial score (nSPS) is 10.2. The SMILES string of the molecule is CCCCCCCCCC.CCCCCCCCCC.CCCCCCCCCC.CCCCCCCCCC.CCCCCCCCCC.CCCCCCCCCC.CO[PH](=O)OC. The Morgan fingerprint density at radius 2 is 0.258 bits per heavy atom. The van der Waals surface area contributed by atoms with E-state index in [9.17, 15) is 4.57 Å². The molecule has 0 amide bonds. The zero-order valence-corrected chi connectivity index (χ0v) is 50.7. The zero-order chi connectivity index (χ0) is 50.9. The van der Waals surface area contributed by atoms with Crippen LogP contribution in [0.3, 0.4) is 0 Å². The van der Waals surface area contributed by atoms with Gasteiger partial charge in [-0.15, -0.1) is 0 Å². The van der Waals surface area contributed by atoms with Gasteiger partial charge in [0.05, 0.1) is 0 Å². The molecule has 0 fully saturated rings. The molecule has 0 rings (SSSR count). The van der Waals surface area contributed by atoms with Crippen molar-refractivity contribution in [3.8, 4) is 0 Å². The summed E-state index contributed by atoms with van der Waals surface area (Å²) >= 11 is 0. The molecule has 0 aliphatic carbocycles. The summed E-state index contributed by atoms with van der Waals surface area (Å²) in [6.07, 6.45) is 68.8. The number of hydrogen-bond donors (Lipinski definition) is 0. The van der Waals surface area contributed by atoms with Crippen LogP contribution in [-0.4, -0.2) is 14.2 Å². The van der Waals surface area contributed by atoms with Crippen LogP contribution in [0.15, 0.2) is 0 Å². The molecule has 410 valence electrons. The van der Waals surface area contributed by atoms with E-state index in [1.807, 2.05) is 0 Å². The summed E-state index contributed by atoms with van der Waals surface area (Å²) in [6.45, 7) is 27.2. The Morgan fingerprint density at radius 3 is 0.303 bits per heavy atom. The van der Waals surface area contributed by atoms with Gasteiger partial charge in [0.15, 0.2) is 0 Å². The van der Waals surface area contributed by atoms with E-state index in [4.69, 9.17) is 0 Å². The van der Waals surface area contributed by atoms with Crippen LogP contribution in [0, 0.1) is 0 Å². The Hall–Kier alpha value is 0.150. The molecule has 0 N–H and O–H groups in total. The first-order valence-corrected chi connectivity index (χ1v) is 32.1. The van der Waals surface area contributed by atoms with Crippen molar-refractivity contribution in [1.82, 2.24) is 0 Å². The number of rotatable bonds is 44. The van der Waals surface area contributed by atoms with Crippen LogP contribution in [0.5, 0.6) is 0 Å². The lowest BCUT2D eigenvalue weighted by Crippen LogP contribution is -1.77. The van der Waals surface area contributed by atoms with E-state index in [1.54, 1.807) is 0 Å². The molecule has 0 atom stereocenters. The first-order valence-electron chi connectivity index (χ1n) is 30.9. The van der Waals surface area contributed by atoms with Crippen molar-refractivity contribution < 1.29 is 13.6 Å². The average molecular weight is 964 g/mol. The minimum Gasteiger partial charge on any atom is -0.314 e. The maximum atomic E-state index is 9.92. The number of hydrogen-bond acceptors (Lipinski definition) is 3. The van der Waals surface area contributed by atoms with Gasteiger partial charge in [-0.2, -0.15) is 0 Å². The van der Waals surface area contributed by atoms with Crippen molar-refractivity contribution >= 4 is 8.25 Å². The second kappa shape index (κ2) is 94.9. The molecule has 0 aliphatic rings. The molecule has 66 heavy (non-hydrogen) atoms. The van der Waals surface area contributed by atoms with Gasteiger partial charge in [0.2, 0.25) is 0 Å². The second-order valence-electron chi connectivity index (χ2n) is 19.4. The number of unbranched alkanes of at least 4 members (excludes halogenated alkanes) is 42. The topological polar surface area (TPSA) is 35.5 Å². The van der Waals surface area contributed by atoms with Crippen LogP contribution < -0.4 is 0 Å². The van der Waals surface area contributed by atoms with Crippen LogP contribution in [0.4, 0.5) is 0 Å². The fourth-order valence-electron chi connectivity index (χ4n) is 7.33. The molecular formula is C62H139O3P. The zero-order valence-electron chi connectivity index (χ0n) is 49.7. The molecule has 0 saturated heterocycles. The van der Waals surface area contributed by atoms with Gasteiger partial charge in [0.25, 0.3) is 0 Å². The minimum atomic E-state index is -2.12. The molecule has 0 aliphatic heterocycles. The standard InChI is InChI=1S/6C10H22.C2H7O3P/c6*1-3-5-7-9-10-8-6-4-2;1-4-6(3)5-2/h6*3-10H2,1-2H3;6H,1-2H3. The van der Waals surface area contributed by atoms with Crippen molar-refractivity contribution in [3.05, 3.63) is 0 Å². The molecule has 0 aromatic rings. The summed E-state index contributed by atoms with van der Waals surface area (Å²) in [5.74, 6) is 0. The molecule has 4 heteroatoms. The first-order chi connectivity index (χ1) is 32.3. The predicted octanol–water partition coefficient (Wildman–Crippen LogP) is 25.6. The van der Waals surface area contributed by atoms with Crippen LogP contribution in [0.2, 0.25) is 0 Å². The maximum Gasteiger partial charge on any atom is 0.318 e. The van der Waals surface area contributed by atoms with Crippen molar-refractivity contribution in [1.29, 1.82) is 0 Å². The molecular weight excluding hydrogens is 824 g/mol. The quantitative estimate of drug-likeness (QED) is 0.0451. The van der Waals surface area contributed by atoms with Crippen LogP contribution in [-0.2, 0) is 13.6 Å². The highest BCUT2D eigenvalue weighted by Gasteiger charge is 1.92. The lowest BCUT2D eigenvalue weighted by molar-refractivity contribution is 0.302. The van der Waals surface area contributed by atoms with Gasteiger partial charge in [-0.3, -0.25) is 4.57 Å². The summed E-state index contributed by atoms with van der Waals surface area (Å²) in [5.41, 5.74) is 0. The third-order valence-electron chi connectivity index (χ3n) is 12.1. The smallest absolute Gasteiger partial charge is 0.314 e. The third-order valence-corrected chi connectivity index (χ3v) is 12.7. The Bertz CT molecular complexity index is 493. The largest absolute Gasteiger partial charge is 0.318 e. The van der Waals surface area contributed by atoms with Crippen LogP contribution >= 0.6 is 8.25 Å². The second-order valence-corrected chi connectivity index (χ2v) is 20.7. The summed E-state index contributed by atoms with van der Waals surface area (Å²) in [6, 6.07) is 0. The molecule has 0 aromatic carbocycles. The van der Waals surface area contributed by atoms with Gasteiger partial charge in [0, 0.05) is 14.2 Å². The molecule has 0 unspecified atom stereocenters. The van der Waals surface area contributed by atoms with Gasteiger partial charge >= 0.3 is 8.25 Å². The minimum absolute atomic E-state index is 1.34. The van der Waals surface area contributed by atoms with E-state index < -0.39 is 8.25 Å². The Balaban J connectivity index is -0.000000124. The summed E-state index contributed by atoms with van der Waals surface area (Å²) in [4.78, 5) is 0. The third kappa shape index (κ3) is 120. The van der Waals surface area contributed by atoms with E-state index in [-0.39, 0.29) is 0 Å². The summed E-state index contributed by atoms with van der Waals surface area (Å²) < 4.78 is 18.4. The predicted molar refractivity (Wildman–Crippen MR) is 313 cm³/mol. The highest BCUT2D eigenvalue weighted by molar-refractivity contribution is 7.33. The van der Waals surface area contributed by atoms with Gasteiger partial charge in [0.1, 0.15) is 0 Å². The monoisotopic (exact) mass is 963 g/mol.